The zero-order chi connectivity index (χ0) is 14.7. The number of halogens is 1. The molecule has 0 aromatic heterocycles. The fourth-order valence-corrected chi connectivity index (χ4v) is 2.76. The van der Waals surface area contributed by atoms with Crippen molar-refractivity contribution in [3.8, 4) is 5.75 Å². The van der Waals surface area contributed by atoms with E-state index in [4.69, 9.17) is 10.5 Å². The highest BCUT2D eigenvalue weighted by molar-refractivity contribution is 9.10. The van der Waals surface area contributed by atoms with E-state index < -0.39 is 0 Å². The van der Waals surface area contributed by atoms with Crippen LogP contribution in [0.4, 0.5) is 0 Å². The molecule has 0 fully saturated rings. The summed E-state index contributed by atoms with van der Waals surface area (Å²) in [6.07, 6.45) is 0. The third kappa shape index (κ3) is 3.22. The Bertz CT molecular complexity index is 610. The summed E-state index contributed by atoms with van der Waals surface area (Å²) in [5.74, 6) is 0.860. The van der Waals surface area contributed by atoms with Crippen molar-refractivity contribution < 1.29 is 4.74 Å². The summed E-state index contributed by atoms with van der Waals surface area (Å²) in [5.41, 5.74) is 11.0. The van der Waals surface area contributed by atoms with Crippen LogP contribution in [0, 0.1) is 13.8 Å². The Kier molecular flexibility index (Phi) is 4.84. The molecule has 2 aromatic carbocycles. The van der Waals surface area contributed by atoms with Gasteiger partial charge in [-0.25, -0.2) is 0 Å². The summed E-state index contributed by atoms with van der Waals surface area (Å²) in [7, 11) is 0. The van der Waals surface area contributed by atoms with Crippen LogP contribution in [0.5, 0.6) is 5.75 Å². The molecule has 20 heavy (non-hydrogen) atoms. The molecule has 0 aliphatic heterocycles. The lowest BCUT2D eigenvalue weighted by atomic mass is 9.96. The molecule has 0 aliphatic rings. The van der Waals surface area contributed by atoms with Gasteiger partial charge < -0.3 is 10.5 Å². The number of benzene rings is 2. The normalized spacial score (nSPS) is 12.2. The minimum atomic E-state index is -0.203. The first-order valence-corrected chi connectivity index (χ1v) is 7.57. The molecule has 0 saturated carbocycles. The number of hydrogen-bond acceptors (Lipinski definition) is 2. The lowest BCUT2D eigenvalue weighted by Crippen LogP contribution is -2.14. The first-order valence-electron chi connectivity index (χ1n) is 6.78. The lowest BCUT2D eigenvalue weighted by molar-refractivity contribution is 0.335. The van der Waals surface area contributed by atoms with Gasteiger partial charge in [-0.3, -0.25) is 0 Å². The summed E-state index contributed by atoms with van der Waals surface area (Å²) in [6, 6.07) is 12.2. The van der Waals surface area contributed by atoms with Crippen LogP contribution in [0.1, 0.15) is 35.2 Å². The largest absolute Gasteiger partial charge is 0.494 e. The van der Waals surface area contributed by atoms with E-state index in [2.05, 4.69) is 48.0 Å². The molecule has 2 nitrogen and oxygen atoms in total. The minimum Gasteiger partial charge on any atom is -0.494 e. The highest BCUT2D eigenvalue weighted by Gasteiger charge is 2.17. The van der Waals surface area contributed by atoms with E-state index in [0.29, 0.717) is 6.61 Å². The SMILES string of the molecule is CCOc1ccc(C)cc1C(N)c1cc(C)ccc1Br. The Morgan fingerprint density at radius 2 is 1.65 bits per heavy atom. The second-order valence-corrected chi connectivity index (χ2v) is 5.83. The maximum absolute atomic E-state index is 6.48. The van der Waals surface area contributed by atoms with Crippen molar-refractivity contribution in [2.45, 2.75) is 26.8 Å². The highest BCUT2D eigenvalue weighted by atomic mass is 79.9. The average Bonchev–Trinajstić information content (AvgIpc) is 2.43. The van der Waals surface area contributed by atoms with Crippen LogP contribution in [0.2, 0.25) is 0 Å². The summed E-state index contributed by atoms with van der Waals surface area (Å²) in [6.45, 7) is 6.76. The van der Waals surface area contributed by atoms with Crippen LogP contribution in [0.3, 0.4) is 0 Å². The minimum absolute atomic E-state index is 0.203. The number of aryl methyl sites for hydroxylation is 2. The molecule has 2 aromatic rings. The van der Waals surface area contributed by atoms with Crippen LogP contribution in [-0.2, 0) is 0 Å². The van der Waals surface area contributed by atoms with Crippen molar-refractivity contribution in [1.29, 1.82) is 0 Å². The molecule has 106 valence electrons. The summed E-state index contributed by atoms with van der Waals surface area (Å²) < 4.78 is 6.74. The van der Waals surface area contributed by atoms with Gasteiger partial charge in [0.05, 0.1) is 12.6 Å². The topological polar surface area (TPSA) is 35.2 Å². The van der Waals surface area contributed by atoms with Crippen LogP contribution in [0.25, 0.3) is 0 Å². The van der Waals surface area contributed by atoms with E-state index in [1.165, 1.54) is 11.1 Å². The van der Waals surface area contributed by atoms with Crippen LogP contribution in [-0.4, -0.2) is 6.61 Å². The Morgan fingerprint density at radius 1 is 1.05 bits per heavy atom. The molecule has 0 bridgehead atoms. The molecule has 1 unspecified atom stereocenters. The third-order valence-corrected chi connectivity index (χ3v) is 4.01. The third-order valence-electron chi connectivity index (χ3n) is 3.29. The average molecular weight is 334 g/mol. The zero-order valence-corrected chi connectivity index (χ0v) is 13.7. The predicted molar refractivity (Wildman–Crippen MR) is 87.3 cm³/mol. The summed E-state index contributed by atoms with van der Waals surface area (Å²) in [5, 5.41) is 0. The van der Waals surface area contributed by atoms with Gasteiger partial charge in [0.1, 0.15) is 5.75 Å². The molecule has 0 radical (unpaired) electrons. The molecule has 1 atom stereocenters. The zero-order valence-electron chi connectivity index (χ0n) is 12.1. The van der Waals surface area contributed by atoms with E-state index in [0.717, 1.165) is 21.3 Å². The molecule has 0 amide bonds. The Hall–Kier alpha value is -1.32. The van der Waals surface area contributed by atoms with E-state index in [-0.39, 0.29) is 6.04 Å². The Labute approximate surface area is 129 Å². The molecule has 0 spiro atoms. The highest BCUT2D eigenvalue weighted by Crippen LogP contribution is 2.33. The van der Waals surface area contributed by atoms with Crippen molar-refractivity contribution in [2.75, 3.05) is 6.61 Å². The van der Waals surface area contributed by atoms with Crippen LogP contribution in [0.15, 0.2) is 40.9 Å². The van der Waals surface area contributed by atoms with Gasteiger partial charge in [0.25, 0.3) is 0 Å². The van der Waals surface area contributed by atoms with Crippen molar-refractivity contribution >= 4 is 15.9 Å². The van der Waals surface area contributed by atoms with Crippen molar-refractivity contribution in [3.05, 3.63) is 63.1 Å². The molecular formula is C17H20BrNO. The van der Waals surface area contributed by atoms with Crippen molar-refractivity contribution in [2.24, 2.45) is 5.73 Å². The molecule has 0 heterocycles. The van der Waals surface area contributed by atoms with E-state index >= 15 is 0 Å². The van der Waals surface area contributed by atoms with Gasteiger partial charge in [0.2, 0.25) is 0 Å². The van der Waals surface area contributed by atoms with Gasteiger partial charge in [0.15, 0.2) is 0 Å². The number of hydrogen-bond donors (Lipinski definition) is 1. The Morgan fingerprint density at radius 3 is 2.30 bits per heavy atom. The standard InChI is InChI=1S/C17H20BrNO/c1-4-20-16-8-6-12(3)10-14(16)17(19)13-9-11(2)5-7-15(13)18/h5-10,17H,4,19H2,1-3H3. The van der Waals surface area contributed by atoms with Crippen molar-refractivity contribution in [3.63, 3.8) is 0 Å². The maximum Gasteiger partial charge on any atom is 0.124 e. The molecule has 2 N–H and O–H groups in total. The van der Waals surface area contributed by atoms with Crippen LogP contribution >= 0.6 is 15.9 Å². The molecule has 0 saturated heterocycles. The van der Waals surface area contributed by atoms with Gasteiger partial charge in [-0.1, -0.05) is 51.3 Å². The monoisotopic (exact) mass is 333 g/mol. The molecule has 2 rings (SSSR count). The number of nitrogens with two attached hydrogens (primary N) is 1. The predicted octanol–water partition coefficient (Wildman–Crippen LogP) is 4.51. The first kappa shape index (κ1) is 15.1. The quantitative estimate of drug-likeness (QED) is 0.893. The second kappa shape index (κ2) is 6.42. The van der Waals surface area contributed by atoms with E-state index in [1.54, 1.807) is 0 Å². The number of ether oxygens (including phenoxy) is 1. The summed E-state index contributed by atoms with van der Waals surface area (Å²) in [4.78, 5) is 0. The Balaban J connectivity index is 2.49. The van der Waals surface area contributed by atoms with Crippen LogP contribution < -0.4 is 10.5 Å². The van der Waals surface area contributed by atoms with Gasteiger partial charge in [-0.2, -0.15) is 0 Å². The van der Waals surface area contributed by atoms with E-state index in [1.807, 2.05) is 25.1 Å². The second-order valence-electron chi connectivity index (χ2n) is 4.98. The van der Waals surface area contributed by atoms with Gasteiger partial charge in [0, 0.05) is 10.0 Å². The fraction of sp³-hybridized carbons (Fsp3) is 0.294. The van der Waals surface area contributed by atoms with Crippen molar-refractivity contribution in [1.82, 2.24) is 0 Å². The van der Waals surface area contributed by atoms with Gasteiger partial charge in [-0.05, 0) is 38.5 Å². The fourth-order valence-electron chi connectivity index (χ4n) is 2.27. The smallest absolute Gasteiger partial charge is 0.124 e. The number of rotatable bonds is 4. The van der Waals surface area contributed by atoms with Gasteiger partial charge >= 0.3 is 0 Å². The molecule has 3 heteroatoms. The summed E-state index contributed by atoms with van der Waals surface area (Å²) >= 11 is 3.59. The maximum atomic E-state index is 6.48. The first-order chi connectivity index (χ1) is 9.52. The molecular weight excluding hydrogens is 314 g/mol. The lowest BCUT2D eigenvalue weighted by Gasteiger charge is -2.19. The molecule has 0 aliphatic carbocycles. The van der Waals surface area contributed by atoms with Gasteiger partial charge in [-0.15, -0.1) is 0 Å². The van der Waals surface area contributed by atoms with E-state index in [9.17, 15) is 0 Å².